The van der Waals surface area contributed by atoms with Crippen molar-refractivity contribution in [2.24, 2.45) is 5.10 Å². The van der Waals surface area contributed by atoms with Gasteiger partial charge in [-0.15, -0.1) is 21.5 Å². The van der Waals surface area contributed by atoms with Gasteiger partial charge in [-0.25, -0.2) is 5.43 Å². The second-order valence-electron chi connectivity index (χ2n) is 5.24. The van der Waals surface area contributed by atoms with E-state index >= 15 is 0 Å². The summed E-state index contributed by atoms with van der Waals surface area (Å²) < 4.78 is 1.61. The molecule has 0 saturated carbocycles. The van der Waals surface area contributed by atoms with Gasteiger partial charge in [-0.3, -0.25) is 4.79 Å². The first-order chi connectivity index (χ1) is 13.1. The number of halogens is 1. The monoisotopic (exact) mass is 454 g/mol. The molecule has 0 spiro atoms. The minimum absolute atomic E-state index is 0.176. The normalized spacial score (nSPS) is 11.2. The number of hydrogen-bond acceptors (Lipinski definition) is 8. The van der Waals surface area contributed by atoms with E-state index in [0.717, 1.165) is 29.9 Å². The van der Waals surface area contributed by atoms with Crippen molar-refractivity contribution in [1.29, 1.82) is 0 Å². The molecule has 2 heterocycles. The van der Waals surface area contributed by atoms with E-state index in [1.165, 1.54) is 28.0 Å². The van der Waals surface area contributed by atoms with Crippen LogP contribution in [0.2, 0.25) is 5.02 Å². The Balaban J connectivity index is 1.41. The molecule has 0 bridgehead atoms. The summed E-state index contributed by atoms with van der Waals surface area (Å²) in [5, 5.41) is 13.0. The molecule has 0 aliphatic carbocycles. The predicted molar refractivity (Wildman–Crippen MR) is 116 cm³/mol. The zero-order chi connectivity index (χ0) is 19.1. The molecule has 0 unspecified atom stereocenters. The molecule has 0 aliphatic heterocycles. The summed E-state index contributed by atoms with van der Waals surface area (Å²) >= 11 is 12.2. The van der Waals surface area contributed by atoms with E-state index in [2.05, 4.69) is 20.7 Å². The first-order valence-corrected chi connectivity index (χ1v) is 11.8. The molecule has 3 aromatic rings. The summed E-state index contributed by atoms with van der Waals surface area (Å²) in [7, 11) is 0. The second kappa shape index (κ2) is 10.2. The summed E-state index contributed by atoms with van der Waals surface area (Å²) in [6.07, 6.45) is 1.65. The number of thiophene rings is 1. The molecule has 2 aromatic heterocycles. The Kier molecular flexibility index (Phi) is 7.71. The average Bonchev–Trinajstić information content (AvgIpc) is 3.28. The van der Waals surface area contributed by atoms with Crippen LogP contribution in [0.4, 0.5) is 0 Å². The molecule has 1 aromatic carbocycles. The molecule has 0 aliphatic rings. The maximum absolute atomic E-state index is 11.9. The van der Waals surface area contributed by atoms with Crippen LogP contribution in [0.5, 0.6) is 0 Å². The maximum Gasteiger partial charge on any atom is 0.250 e. The number of rotatable bonds is 8. The number of nitrogens with zero attached hydrogens (tertiary/aromatic N) is 3. The lowest BCUT2D eigenvalue weighted by Crippen LogP contribution is -2.19. The van der Waals surface area contributed by atoms with Crippen LogP contribution in [-0.4, -0.2) is 28.1 Å². The number of hydrogen-bond donors (Lipinski definition) is 1. The summed E-state index contributed by atoms with van der Waals surface area (Å²) in [5.41, 5.74) is 3.59. The Morgan fingerprint density at radius 3 is 2.70 bits per heavy atom. The highest BCUT2D eigenvalue weighted by molar-refractivity contribution is 8.03. The smallest absolute Gasteiger partial charge is 0.250 e. The average molecular weight is 455 g/mol. The number of amides is 1. The van der Waals surface area contributed by atoms with E-state index in [4.69, 9.17) is 11.6 Å². The zero-order valence-electron chi connectivity index (χ0n) is 14.2. The van der Waals surface area contributed by atoms with Crippen molar-refractivity contribution in [2.45, 2.75) is 21.4 Å². The third-order valence-corrected chi connectivity index (χ3v) is 7.71. The van der Waals surface area contributed by atoms with Crippen LogP contribution >= 0.6 is 57.8 Å². The van der Waals surface area contributed by atoms with Gasteiger partial charge in [0.2, 0.25) is 0 Å². The Bertz CT molecular complexity index is 940. The lowest BCUT2D eigenvalue weighted by atomic mass is 10.2. The van der Waals surface area contributed by atoms with Gasteiger partial charge >= 0.3 is 0 Å². The molecular weight excluding hydrogens is 440 g/mol. The lowest BCUT2D eigenvalue weighted by Gasteiger charge is -2.00. The van der Waals surface area contributed by atoms with Crippen molar-refractivity contribution in [3.63, 3.8) is 0 Å². The molecule has 0 radical (unpaired) electrons. The molecule has 3 rings (SSSR count). The molecule has 0 atom stereocenters. The second-order valence-corrected chi connectivity index (χ2v) is 10.4. The highest BCUT2D eigenvalue weighted by Crippen LogP contribution is 2.32. The topological polar surface area (TPSA) is 67.2 Å². The number of carbonyl (C=O) groups excluding carboxylic acids is 1. The largest absolute Gasteiger partial charge is 0.272 e. The van der Waals surface area contributed by atoms with Gasteiger partial charge < -0.3 is 0 Å². The van der Waals surface area contributed by atoms with Crippen LogP contribution in [0, 0.1) is 6.92 Å². The van der Waals surface area contributed by atoms with E-state index < -0.39 is 0 Å². The number of carbonyl (C=O) groups is 1. The molecule has 1 amide bonds. The Labute approximate surface area is 178 Å². The van der Waals surface area contributed by atoms with Gasteiger partial charge in [0, 0.05) is 20.5 Å². The predicted octanol–water partition coefficient (Wildman–Crippen LogP) is 5.10. The SMILES string of the molecule is Cc1ccc(/C=N\NC(=O)CSc2nnc(SCc3ccccc3Cl)s2)s1. The fourth-order valence-electron chi connectivity index (χ4n) is 1.92. The Morgan fingerprint density at radius 1 is 1.19 bits per heavy atom. The van der Waals surface area contributed by atoms with E-state index in [1.54, 1.807) is 29.3 Å². The number of hydrazone groups is 1. The van der Waals surface area contributed by atoms with Crippen molar-refractivity contribution in [3.05, 3.63) is 56.7 Å². The van der Waals surface area contributed by atoms with Crippen molar-refractivity contribution in [2.75, 3.05) is 5.75 Å². The number of aromatic nitrogens is 2. The number of nitrogens with one attached hydrogen (secondary N) is 1. The van der Waals surface area contributed by atoms with Gasteiger partial charge in [0.05, 0.1) is 12.0 Å². The molecule has 0 fully saturated rings. The van der Waals surface area contributed by atoms with Crippen LogP contribution in [0.25, 0.3) is 0 Å². The van der Waals surface area contributed by atoms with Crippen LogP contribution in [0.1, 0.15) is 15.3 Å². The van der Waals surface area contributed by atoms with Gasteiger partial charge in [-0.05, 0) is 30.7 Å². The summed E-state index contributed by atoms with van der Waals surface area (Å²) in [6.45, 7) is 2.03. The first kappa shape index (κ1) is 20.3. The number of aryl methyl sites for hydroxylation is 1. The van der Waals surface area contributed by atoms with Crippen molar-refractivity contribution < 1.29 is 4.79 Å². The fraction of sp³-hybridized carbons (Fsp3) is 0.176. The standard InChI is InChI=1S/C17H15ClN4OS4/c1-11-6-7-13(26-11)8-19-20-15(23)10-25-17-22-21-16(27-17)24-9-12-4-2-3-5-14(12)18/h2-8H,9-10H2,1H3,(H,20,23)/b19-8-. The van der Waals surface area contributed by atoms with E-state index in [-0.39, 0.29) is 11.7 Å². The van der Waals surface area contributed by atoms with Gasteiger partial charge in [-0.1, -0.05) is 64.7 Å². The number of thioether (sulfide) groups is 2. The van der Waals surface area contributed by atoms with Crippen LogP contribution in [-0.2, 0) is 10.5 Å². The van der Waals surface area contributed by atoms with Crippen LogP contribution in [0.15, 0.2) is 50.2 Å². The lowest BCUT2D eigenvalue weighted by molar-refractivity contribution is -0.118. The minimum atomic E-state index is -0.176. The van der Waals surface area contributed by atoms with Crippen molar-refractivity contribution in [3.8, 4) is 0 Å². The van der Waals surface area contributed by atoms with Crippen LogP contribution in [0.3, 0.4) is 0 Å². The number of benzene rings is 1. The van der Waals surface area contributed by atoms with Gasteiger partial charge in [0.25, 0.3) is 5.91 Å². The van der Waals surface area contributed by atoms with Gasteiger partial charge in [0.15, 0.2) is 8.68 Å². The molecule has 1 N–H and O–H groups in total. The maximum atomic E-state index is 11.9. The van der Waals surface area contributed by atoms with Gasteiger partial charge in [-0.2, -0.15) is 5.10 Å². The third kappa shape index (κ3) is 6.62. The first-order valence-electron chi connectivity index (χ1n) is 7.81. The molecular formula is C17H15ClN4OS4. The fourth-order valence-corrected chi connectivity index (χ4v) is 5.77. The molecule has 10 heteroatoms. The summed E-state index contributed by atoms with van der Waals surface area (Å²) in [5.74, 6) is 0.797. The highest BCUT2D eigenvalue weighted by atomic mass is 35.5. The van der Waals surface area contributed by atoms with E-state index in [1.807, 2.05) is 43.3 Å². The molecule has 27 heavy (non-hydrogen) atoms. The molecule has 5 nitrogen and oxygen atoms in total. The van der Waals surface area contributed by atoms with Gasteiger partial charge in [0.1, 0.15) is 0 Å². The third-order valence-electron chi connectivity index (χ3n) is 3.17. The quantitative estimate of drug-likeness (QED) is 0.291. The van der Waals surface area contributed by atoms with Crippen LogP contribution < -0.4 is 5.43 Å². The summed E-state index contributed by atoms with van der Waals surface area (Å²) in [4.78, 5) is 14.1. The molecule has 140 valence electrons. The van der Waals surface area contributed by atoms with Crippen molar-refractivity contribution >= 4 is 69.9 Å². The van der Waals surface area contributed by atoms with E-state index in [0.29, 0.717) is 0 Å². The zero-order valence-corrected chi connectivity index (χ0v) is 18.2. The highest BCUT2D eigenvalue weighted by Gasteiger charge is 2.09. The van der Waals surface area contributed by atoms with E-state index in [9.17, 15) is 4.79 Å². The van der Waals surface area contributed by atoms with Crippen molar-refractivity contribution in [1.82, 2.24) is 15.6 Å². The Hall–Kier alpha value is -1.39. The summed E-state index contributed by atoms with van der Waals surface area (Å²) in [6, 6.07) is 11.7. The Morgan fingerprint density at radius 2 is 1.96 bits per heavy atom. The molecule has 0 saturated heterocycles. The minimum Gasteiger partial charge on any atom is -0.272 e.